The lowest BCUT2D eigenvalue weighted by atomic mass is 10.1. The molecule has 2 N–H and O–H groups in total. The molecule has 100 valence electrons. The Morgan fingerprint density at radius 1 is 1.11 bits per heavy atom. The van der Waals surface area contributed by atoms with E-state index in [0.717, 1.165) is 11.3 Å². The van der Waals surface area contributed by atoms with E-state index >= 15 is 0 Å². The van der Waals surface area contributed by atoms with E-state index in [1.165, 1.54) is 16.7 Å². The van der Waals surface area contributed by atoms with E-state index in [-0.39, 0.29) is 6.04 Å². The Morgan fingerprint density at radius 3 is 2.53 bits per heavy atom. The number of hydrogen-bond acceptors (Lipinski definition) is 2. The van der Waals surface area contributed by atoms with Crippen molar-refractivity contribution in [1.82, 2.24) is 0 Å². The maximum atomic E-state index is 5.98. The molecule has 0 saturated carbocycles. The summed E-state index contributed by atoms with van der Waals surface area (Å²) in [4.78, 5) is 0. The lowest BCUT2D eigenvalue weighted by Crippen LogP contribution is -2.08. The van der Waals surface area contributed by atoms with Crippen molar-refractivity contribution in [3.05, 3.63) is 64.7 Å². The van der Waals surface area contributed by atoms with Gasteiger partial charge in [0.15, 0.2) is 0 Å². The fourth-order valence-electron chi connectivity index (χ4n) is 2.07. The minimum Gasteiger partial charge on any atom is -0.489 e. The van der Waals surface area contributed by atoms with Crippen LogP contribution in [0.3, 0.4) is 0 Å². The summed E-state index contributed by atoms with van der Waals surface area (Å²) in [5.41, 5.74) is 10.7. The Labute approximate surface area is 115 Å². The van der Waals surface area contributed by atoms with Crippen molar-refractivity contribution in [2.75, 3.05) is 0 Å². The third-order valence-electron chi connectivity index (χ3n) is 3.30. The van der Waals surface area contributed by atoms with E-state index in [9.17, 15) is 0 Å². The molecule has 2 aromatic rings. The van der Waals surface area contributed by atoms with Crippen molar-refractivity contribution in [3.63, 3.8) is 0 Å². The van der Waals surface area contributed by atoms with Gasteiger partial charge in [-0.3, -0.25) is 0 Å². The standard InChI is InChI=1S/C17H21NO/c1-12-8-9-16(14(3)18)17(10-12)19-11-15-7-5-4-6-13(15)2/h4-10,14H,11,18H2,1-3H3/t14-/m1/s1. The highest BCUT2D eigenvalue weighted by Gasteiger charge is 2.09. The van der Waals surface area contributed by atoms with Gasteiger partial charge in [0.2, 0.25) is 0 Å². The van der Waals surface area contributed by atoms with Crippen molar-refractivity contribution >= 4 is 0 Å². The molecule has 0 fully saturated rings. The van der Waals surface area contributed by atoms with Crippen LogP contribution in [0.25, 0.3) is 0 Å². The molecule has 0 amide bonds. The molecule has 0 aliphatic heterocycles. The van der Waals surface area contributed by atoms with Crippen molar-refractivity contribution in [2.45, 2.75) is 33.4 Å². The molecule has 0 radical (unpaired) electrons. The molecular formula is C17H21NO. The Kier molecular flexibility index (Phi) is 4.23. The molecule has 0 unspecified atom stereocenters. The molecular weight excluding hydrogens is 234 g/mol. The Hall–Kier alpha value is -1.80. The van der Waals surface area contributed by atoms with E-state index < -0.39 is 0 Å². The molecule has 2 aromatic carbocycles. The Bertz CT molecular complexity index is 561. The van der Waals surface area contributed by atoms with Crippen molar-refractivity contribution in [3.8, 4) is 5.75 Å². The first-order chi connectivity index (χ1) is 9.08. The van der Waals surface area contributed by atoms with E-state index in [4.69, 9.17) is 10.5 Å². The van der Waals surface area contributed by atoms with Gasteiger partial charge in [0.25, 0.3) is 0 Å². The van der Waals surface area contributed by atoms with Gasteiger partial charge in [0.05, 0.1) is 0 Å². The molecule has 0 aliphatic rings. The van der Waals surface area contributed by atoms with E-state index in [1.54, 1.807) is 0 Å². The van der Waals surface area contributed by atoms with Crippen LogP contribution in [0.5, 0.6) is 5.75 Å². The molecule has 19 heavy (non-hydrogen) atoms. The van der Waals surface area contributed by atoms with E-state index in [0.29, 0.717) is 6.61 Å². The van der Waals surface area contributed by atoms with Crippen LogP contribution in [-0.2, 0) is 6.61 Å². The van der Waals surface area contributed by atoms with Crippen LogP contribution in [-0.4, -0.2) is 0 Å². The smallest absolute Gasteiger partial charge is 0.124 e. The van der Waals surface area contributed by atoms with Crippen LogP contribution in [0.15, 0.2) is 42.5 Å². The summed E-state index contributed by atoms with van der Waals surface area (Å²) in [7, 11) is 0. The van der Waals surface area contributed by atoms with Crippen molar-refractivity contribution < 1.29 is 4.74 Å². The highest BCUT2D eigenvalue weighted by Crippen LogP contribution is 2.26. The quantitative estimate of drug-likeness (QED) is 0.899. The highest BCUT2D eigenvalue weighted by molar-refractivity contribution is 5.39. The lowest BCUT2D eigenvalue weighted by molar-refractivity contribution is 0.300. The minimum atomic E-state index is -0.0209. The van der Waals surface area contributed by atoms with Crippen LogP contribution in [0.1, 0.15) is 35.2 Å². The fraction of sp³-hybridized carbons (Fsp3) is 0.294. The summed E-state index contributed by atoms with van der Waals surface area (Å²) in [5, 5.41) is 0. The molecule has 2 rings (SSSR count). The zero-order valence-corrected chi connectivity index (χ0v) is 11.8. The summed E-state index contributed by atoms with van der Waals surface area (Å²) in [6.07, 6.45) is 0. The van der Waals surface area contributed by atoms with Gasteiger partial charge in [-0.25, -0.2) is 0 Å². The van der Waals surface area contributed by atoms with Gasteiger partial charge in [-0.1, -0.05) is 36.4 Å². The zero-order valence-electron chi connectivity index (χ0n) is 11.8. The number of nitrogens with two attached hydrogens (primary N) is 1. The normalized spacial score (nSPS) is 12.2. The minimum absolute atomic E-state index is 0.0209. The molecule has 0 spiro atoms. The zero-order chi connectivity index (χ0) is 13.8. The summed E-state index contributed by atoms with van der Waals surface area (Å²) in [5.74, 6) is 0.887. The Balaban J connectivity index is 2.19. The van der Waals surface area contributed by atoms with Crippen LogP contribution >= 0.6 is 0 Å². The van der Waals surface area contributed by atoms with Crippen molar-refractivity contribution in [2.24, 2.45) is 5.73 Å². The number of benzene rings is 2. The second kappa shape index (κ2) is 5.89. The highest BCUT2D eigenvalue weighted by atomic mass is 16.5. The second-order valence-electron chi connectivity index (χ2n) is 5.05. The van der Waals surface area contributed by atoms with E-state index in [2.05, 4.69) is 38.1 Å². The summed E-state index contributed by atoms with van der Waals surface area (Å²) in [6, 6.07) is 14.4. The average Bonchev–Trinajstić information content (AvgIpc) is 2.37. The van der Waals surface area contributed by atoms with Crippen LogP contribution in [0.2, 0.25) is 0 Å². The Morgan fingerprint density at radius 2 is 1.84 bits per heavy atom. The fourth-order valence-corrected chi connectivity index (χ4v) is 2.07. The topological polar surface area (TPSA) is 35.2 Å². The second-order valence-corrected chi connectivity index (χ2v) is 5.05. The van der Waals surface area contributed by atoms with Crippen LogP contribution in [0.4, 0.5) is 0 Å². The molecule has 0 heterocycles. The van der Waals surface area contributed by atoms with Gasteiger partial charge in [-0.2, -0.15) is 0 Å². The summed E-state index contributed by atoms with van der Waals surface area (Å²) in [6.45, 7) is 6.72. The van der Waals surface area contributed by atoms with Gasteiger partial charge in [0, 0.05) is 11.6 Å². The lowest BCUT2D eigenvalue weighted by Gasteiger charge is -2.15. The van der Waals surface area contributed by atoms with Crippen molar-refractivity contribution in [1.29, 1.82) is 0 Å². The first kappa shape index (κ1) is 13.6. The SMILES string of the molecule is Cc1ccc([C@@H](C)N)c(OCc2ccccc2C)c1. The number of ether oxygens (including phenoxy) is 1. The van der Waals surface area contributed by atoms with Gasteiger partial charge < -0.3 is 10.5 Å². The first-order valence-corrected chi connectivity index (χ1v) is 6.61. The van der Waals surface area contributed by atoms with Gasteiger partial charge >= 0.3 is 0 Å². The van der Waals surface area contributed by atoms with Gasteiger partial charge in [0.1, 0.15) is 12.4 Å². The predicted octanol–water partition coefficient (Wildman–Crippen LogP) is 3.90. The largest absolute Gasteiger partial charge is 0.489 e. The monoisotopic (exact) mass is 255 g/mol. The maximum absolute atomic E-state index is 5.98. The van der Waals surface area contributed by atoms with E-state index in [1.807, 2.05) is 25.1 Å². The molecule has 2 nitrogen and oxygen atoms in total. The molecule has 0 bridgehead atoms. The number of aryl methyl sites for hydroxylation is 2. The summed E-state index contributed by atoms with van der Waals surface area (Å²) < 4.78 is 5.97. The number of hydrogen-bond donors (Lipinski definition) is 1. The molecule has 1 atom stereocenters. The average molecular weight is 255 g/mol. The summed E-state index contributed by atoms with van der Waals surface area (Å²) >= 11 is 0. The molecule has 0 aromatic heterocycles. The third-order valence-corrected chi connectivity index (χ3v) is 3.30. The number of rotatable bonds is 4. The molecule has 2 heteroatoms. The third kappa shape index (κ3) is 3.36. The molecule has 0 saturated heterocycles. The molecule has 0 aliphatic carbocycles. The van der Waals surface area contributed by atoms with Crippen LogP contribution < -0.4 is 10.5 Å². The maximum Gasteiger partial charge on any atom is 0.124 e. The van der Waals surface area contributed by atoms with Gasteiger partial charge in [-0.05, 0) is 43.5 Å². The van der Waals surface area contributed by atoms with Crippen LogP contribution in [0, 0.1) is 13.8 Å². The van der Waals surface area contributed by atoms with Gasteiger partial charge in [-0.15, -0.1) is 0 Å². The predicted molar refractivity (Wildman–Crippen MR) is 79.3 cm³/mol. The first-order valence-electron chi connectivity index (χ1n) is 6.61.